The standard InChI is InChI=1S/C23H31N3O2/c1-17-13-18(2)16-26(15-17)23(24-11-12-28-3)25-21-14-20(9-10-22(21)27)19-7-5-4-6-8-19/h4-10,14,17-18,27H,11-13,15-16H2,1-3H3,(H,24,25). The molecule has 0 spiro atoms. The van der Waals surface area contributed by atoms with Crippen LogP contribution in [-0.2, 0) is 4.74 Å². The van der Waals surface area contributed by atoms with Gasteiger partial charge < -0.3 is 20.1 Å². The molecule has 2 aromatic rings. The van der Waals surface area contributed by atoms with Gasteiger partial charge in [0.2, 0.25) is 0 Å². The number of aliphatic imine (C=N–C) groups is 1. The lowest BCUT2D eigenvalue weighted by molar-refractivity contribution is 0.202. The first-order valence-electron chi connectivity index (χ1n) is 10.0. The second kappa shape index (κ2) is 9.60. The zero-order chi connectivity index (χ0) is 19.9. The first kappa shape index (κ1) is 20.2. The second-order valence-electron chi connectivity index (χ2n) is 7.77. The first-order chi connectivity index (χ1) is 13.6. The van der Waals surface area contributed by atoms with Crippen LogP contribution in [0.3, 0.4) is 0 Å². The summed E-state index contributed by atoms with van der Waals surface area (Å²) < 4.78 is 5.17. The predicted octanol–water partition coefficient (Wildman–Crippen LogP) is 4.45. The molecular formula is C23H31N3O2. The van der Waals surface area contributed by atoms with E-state index in [4.69, 9.17) is 9.73 Å². The van der Waals surface area contributed by atoms with Gasteiger partial charge in [-0.05, 0) is 41.5 Å². The molecular weight excluding hydrogens is 350 g/mol. The zero-order valence-electron chi connectivity index (χ0n) is 17.1. The number of methoxy groups -OCH3 is 1. The predicted molar refractivity (Wildman–Crippen MR) is 116 cm³/mol. The van der Waals surface area contributed by atoms with Gasteiger partial charge in [-0.25, -0.2) is 0 Å². The summed E-state index contributed by atoms with van der Waals surface area (Å²) in [6, 6.07) is 15.8. The summed E-state index contributed by atoms with van der Waals surface area (Å²) in [4.78, 5) is 7.03. The smallest absolute Gasteiger partial charge is 0.198 e. The van der Waals surface area contributed by atoms with Crippen LogP contribution in [0.15, 0.2) is 53.5 Å². The first-order valence-corrected chi connectivity index (χ1v) is 10.0. The number of benzene rings is 2. The summed E-state index contributed by atoms with van der Waals surface area (Å²) in [6.45, 7) is 7.63. The third kappa shape index (κ3) is 5.26. The normalized spacial score (nSPS) is 20.2. The number of phenolic OH excluding ortho intramolecular Hbond substituents is 1. The Hall–Kier alpha value is -2.53. The minimum atomic E-state index is 0.220. The molecule has 5 nitrogen and oxygen atoms in total. The molecule has 1 aliphatic rings. The zero-order valence-corrected chi connectivity index (χ0v) is 17.1. The number of nitrogens with one attached hydrogen (secondary N) is 1. The van der Waals surface area contributed by atoms with E-state index >= 15 is 0 Å². The molecule has 3 rings (SSSR count). The maximum atomic E-state index is 10.4. The van der Waals surface area contributed by atoms with E-state index in [1.165, 1.54) is 6.42 Å². The average Bonchev–Trinajstić information content (AvgIpc) is 2.68. The number of likely N-dealkylation sites (tertiary alicyclic amines) is 1. The van der Waals surface area contributed by atoms with Crippen molar-refractivity contribution in [2.24, 2.45) is 16.8 Å². The van der Waals surface area contributed by atoms with Gasteiger partial charge in [-0.2, -0.15) is 0 Å². The SMILES string of the molecule is COCCN=C(Nc1cc(-c2ccccc2)ccc1O)N1CC(C)CC(C)C1. The summed E-state index contributed by atoms with van der Waals surface area (Å²) in [6.07, 6.45) is 1.23. The lowest BCUT2D eigenvalue weighted by Gasteiger charge is -2.37. The van der Waals surface area contributed by atoms with Crippen LogP contribution in [0, 0.1) is 11.8 Å². The van der Waals surface area contributed by atoms with Gasteiger partial charge in [-0.15, -0.1) is 0 Å². The highest BCUT2D eigenvalue weighted by molar-refractivity contribution is 5.96. The Balaban J connectivity index is 1.86. The van der Waals surface area contributed by atoms with E-state index in [9.17, 15) is 5.11 Å². The third-order valence-corrected chi connectivity index (χ3v) is 5.08. The molecule has 150 valence electrons. The van der Waals surface area contributed by atoms with Crippen molar-refractivity contribution >= 4 is 11.6 Å². The molecule has 2 unspecified atom stereocenters. The highest BCUT2D eigenvalue weighted by Crippen LogP contribution is 2.30. The maximum absolute atomic E-state index is 10.4. The quantitative estimate of drug-likeness (QED) is 0.348. The van der Waals surface area contributed by atoms with Crippen LogP contribution in [-0.4, -0.2) is 49.3 Å². The minimum Gasteiger partial charge on any atom is -0.506 e. The molecule has 0 amide bonds. The molecule has 0 aliphatic carbocycles. The number of hydrogen-bond donors (Lipinski definition) is 2. The highest BCUT2D eigenvalue weighted by atomic mass is 16.5. The van der Waals surface area contributed by atoms with Crippen molar-refractivity contribution in [3.63, 3.8) is 0 Å². The largest absolute Gasteiger partial charge is 0.506 e. The molecule has 28 heavy (non-hydrogen) atoms. The molecule has 0 saturated carbocycles. The number of piperidine rings is 1. The Morgan fingerprint density at radius 3 is 2.50 bits per heavy atom. The van der Waals surface area contributed by atoms with Crippen LogP contribution < -0.4 is 5.32 Å². The number of rotatable bonds is 5. The molecule has 2 N–H and O–H groups in total. The van der Waals surface area contributed by atoms with Gasteiger partial charge in [0.05, 0.1) is 18.8 Å². The van der Waals surface area contributed by atoms with Crippen LogP contribution in [0.25, 0.3) is 11.1 Å². The monoisotopic (exact) mass is 381 g/mol. The lowest BCUT2D eigenvalue weighted by Crippen LogP contribution is -2.45. The van der Waals surface area contributed by atoms with E-state index in [0.717, 1.165) is 30.2 Å². The van der Waals surface area contributed by atoms with Crippen LogP contribution >= 0.6 is 0 Å². The van der Waals surface area contributed by atoms with Gasteiger partial charge >= 0.3 is 0 Å². The van der Waals surface area contributed by atoms with Crippen molar-refractivity contribution in [2.75, 3.05) is 38.7 Å². The third-order valence-electron chi connectivity index (χ3n) is 5.08. The molecule has 2 aromatic carbocycles. The summed E-state index contributed by atoms with van der Waals surface area (Å²) in [7, 11) is 1.68. The molecule has 1 fully saturated rings. The van der Waals surface area contributed by atoms with Gasteiger partial charge in [0.1, 0.15) is 5.75 Å². The van der Waals surface area contributed by atoms with Crippen LogP contribution in [0.4, 0.5) is 5.69 Å². The molecule has 5 heteroatoms. The molecule has 0 bridgehead atoms. The number of nitrogens with zero attached hydrogens (tertiary/aromatic N) is 2. The topological polar surface area (TPSA) is 57.1 Å². The maximum Gasteiger partial charge on any atom is 0.198 e. The molecule has 1 saturated heterocycles. The van der Waals surface area contributed by atoms with Crippen molar-refractivity contribution in [3.05, 3.63) is 48.5 Å². The van der Waals surface area contributed by atoms with Crippen LogP contribution in [0.1, 0.15) is 20.3 Å². The summed E-state index contributed by atoms with van der Waals surface area (Å²) in [5, 5.41) is 13.8. The van der Waals surface area contributed by atoms with Crippen LogP contribution in [0.2, 0.25) is 0 Å². The Morgan fingerprint density at radius 1 is 1.11 bits per heavy atom. The fraction of sp³-hybridized carbons (Fsp3) is 0.435. The lowest BCUT2D eigenvalue weighted by atomic mass is 9.92. The van der Waals surface area contributed by atoms with Crippen molar-refractivity contribution in [1.82, 2.24) is 4.90 Å². The Bertz CT molecular complexity index is 782. The Morgan fingerprint density at radius 2 is 1.82 bits per heavy atom. The fourth-order valence-corrected chi connectivity index (χ4v) is 3.86. The van der Waals surface area contributed by atoms with Crippen molar-refractivity contribution < 1.29 is 9.84 Å². The Labute approximate surface area is 168 Å². The van der Waals surface area contributed by atoms with Crippen LogP contribution in [0.5, 0.6) is 5.75 Å². The van der Waals surface area contributed by atoms with E-state index in [0.29, 0.717) is 30.7 Å². The van der Waals surface area contributed by atoms with Crippen molar-refractivity contribution in [2.45, 2.75) is 20.3 Å². The number of phenols is 1. The van der Waals surface area contributed by atoms with E-state index in [-0.39, 0.29) is 5.75 Å². The number of guanidine groups is 1. The number of aromatic hydroxyl groups is 1. The second-order valence-corrected chi connectivity index (χ2v) is 7.77. The number of hydrogen-bond acceptors (Lipinski definition) is 3. The molecule has 0 radical (unpaired) electrons. The van der Waals surface area contributed by atoms with Gasteiger partial charge in [-0.3, -0.25) is 4.99 Å². The van der Waals surface area contributed by atoms with E-state index < -0.39 is 0 Å². The van der Waals surface area contributed by atoms with E-state index in [1.54, 1.807) is 13.2 Å². The molecule has 2 atom stereocenters. The van der Waals surface area contributed by atoms with E-state index in [2.05, 4.69) is 36.2 Å². The molecule has 1 heterocycles. The van der Waals surface area contributed by atoms with Crippen molar-refractivity contribution in [3.8, 4) is 16.9 Å². The van der Waals surface area contributed by atoms with Gasteiger partial charge in [0.15, 0.2) is 5.96 Å². The minimum absolute atomic E-state index is 0.220. The summed E-state index contributed by atoms with van der Waals surface area (Å²) in [5.41, 5.74) is 2.84. The fourth-order valence-electron chi connectivity index (χ4n) is 3.86. The highest BCUT2D eigenvalue weighted by Gasteiger charge is 2.24. The van der Waals surface area contributed by atoms with Crippen molar-refractivity contribution in [1.29, 1.82) is 0 Å². The summed E-state index contributed by atoms with van der Waals surface area (Å²) >= 11 is 0. The molecule has 1 aliphatic heterocycles. The average molecular weight is 382 g/mol. The van der Waals surface area contributed by atoms with Gasteiger partial charge in [-0.1, -0.05) is 50.2 Å². The number of ether oxygens (including phenoxy) is 1. The number of anilines is 1. The summed E-state index contributed by atoms with van der Waals surface area (Å²) in [5.74, 6) is 2.25. The van der Waals surface area contributed by atoms with E-state index in [1.807, 2.05) is 30.3 Å². The molecule has 0 aromatic heterocycles. The Kier molecular flexibility index (Phi) is 6.93. The van der Waals surface area contributed by atoms with Gasteiger partial charge in [0, 0.05) is 20.2 Å². The van der Waals surface area contributed by atoms with Gasteiger partial charge in [0.25, 0.3) is 0 Å².